The van der Waals surface area contributed by atoms with Crippen LogP contribution < -0.4 is 4.72 Å². The number of nitrogens with zero attached hydrogens (tertiary/aromatic N) is 1. The van der Waals surface area contributed by atoms with E-state index in [0.29, 0.717) is 5.82 Å². The van der Waals surface area contributed by atoms with Gasteiger partial charge in [0.2, 0.25) is 10.0 Å². The van der Waals surface area contributed by atoms with Gasteiger partial charge < -0.3 is 0 Å². The highest BCUT2D eigenvalue weighted by Gasteiger charge is 2.08. The van der Waals surface area contributed by atoms with Crippen molar-refractivity contribution in [2.45, 2.75) is 0 Å². The predicted octanol–water partition coefficient (Wildman–Crippen LogP) is 1.77. The van der Waals surface area contributed by atoms with Crippen LogP contribution in [0, 0.1) is 0 Å². The molecule has 0 atom stereocenters. The number of sulfonamides is 1. The molecule has 0 fully saturated rings. The summed E-state index contributed by atoms with van der Waals surface area (Å²) in [6.45, 7) is 3.36. The Bertz CT molecular complexity index is 431. The van der Waals surface area contributed by atoms with E-state index in [9.17, 15) is 8.42 Å². The Kier molecular flexibility index (Phi) is 3.65. The van der Waals surface area contributed by atoms with E-state index in [4.69, 9.17) is 0 Å². The maximum atomic E-state index is 11.3. The summed E-state index contributed by atoms with van der Waals surface area (Å²) in [7, 11) is -3.35. The molecule has 1 aromatic heterocycles. The average Bonchev–Trinajstić information content (AvgIpc) is 2.02. The van der Waals surface area contributed by atoms with Gasteiger partial charge in [-0.25, -0.2) is 13.4 Å². The summed E-state index contributed by atoms with van der Waals surface area (Å²) in [5.41, 5.74) is 0. The quantitative estimate of drug-likeness (QED) is 0.853. The highest BCUT2D eigenvalue weighted by atomic mass is 79.9. The Hall–Kier alpha value is -0.880. The largest absolute Gasteiger partial charge is 0.267 e. The molecule has 14 heavy (non-hydrogen) atoms. The molecule has 0 saturated heterocycles. The summed E-state index contributed by atoms with van der Waals surface area (Å²) >= 11 is 3.21. The van der Waals surface area contributed by atoms with Crippen LogP contribution in [0.25, 0.3) is 0 Å². The van der Waals surface area contributed by atoms with Gasteiger partial charge in [-0.2, -0.15) is 0 Å². The van der Waals surface area contributed by atoms with Gasteiger partial charge in [0.05, 0.1) is 5.75 Å². The van der Waals surface area contributed by atoms with E-state index in [2.05, 4.69) is 32.2 Å². The minimum absolute atomic E-state index is 0.124. The Morgan fingerprint density at radius 3 is 2.93 bits per heavy atom. The Morgan fingerprint density at radius 2 is 2.36 bits per heavy atom. The van der Waals surface area contributed by atoms with E-state index in [1.807, 2.05) is 0 Å². The SMILES string of the molecule is C=CCS(=O)(=O)Nc1cc(Br)ccn1. The fourth-order valence-corrected chi connectivity index (χ4v) is 1.98. The molecule has 0 unspecified atom stereocenters. The smallest absolute Gasteiger partial charge is 0.237 e. The third-order valence-corrected chi connectivity index (χ3v) is 3.01. The number of pyridine rings is 1. The van der Waals surface area contributed by atoms with E-state index in [1.54, 1.807) is 12.1 Å². The molecule has 0 spiro atoms. The molecule has 1 rings (SSSR count). The van der Waals surface area contributed by atoms with E-state index in [0.717, 1.165) is 4.47 Å². The standard InChI is InChI=1S/C8H9BrN2O2S/c1-2-5-14(12,13)11-8-6-7(9)3-4-10-8/h2-4,6H,1,5H2,(H,10,11). The highest BCUT2D eigenvalue weighted by Crippen LogP contribution is 2.13. The van der Waals surface area contributed by atoms with Gasteiger partial charge in [-0.15, -0.1) is 6.58 Å². The van der Waals surface area contributed by atoms with Crippen molar-refractivity contribution in [1.29, 1.82) is 0 Å². The minimum atomic E-state index is -3.35. The van der Waals surface area contributed by atoms with Crippen LogP contribution in [0.5, 0.6) is 0 Å². The van der Waals surface area contributed by atoms with Crippen molar-refractivity contribution in [3.8, 4) is 0 Å². The van der Waals surface area contributed by atoms with E-state index in [-0.39, 0.29) is 5.75 Å². The van der Waals surface area contributed by atoms with Crippen LogP contribution in [0.15, 0.2) is 35.5 Å². The number of hydrogen-bond acceptors (Lipinski definition) is 3. The number of hydrogen-bond donors (Lipinski definition) is 1. The van der Waals surface area contributed by atoms with Gasteiger partial charge >= 0.3 is 0 Å². The summed E-state index contributed by atoms with van der Waals surface area (Å²) in [4.78, 5) is 3.85. The molecule has 0 amide bonds. The second-order valence-electron chi connectivity index (χ2n) is 2.53. The van der Waals surface area contributed by atoms with Crippen LogP contribution in [0.1, 0.15) is 0 Å². The molecule has 0 aliphatic rings. The first-order valence-corrected chi connectivity index (χ1v) is 6.21. The van der Waals surface area contributed by atoms with Crippen molar-refractivity contribution < 1.29 is 8.42 Å². The van der Waals surface area contributed by atoms with Crippen LogP contribution in [0.3, 0.4) is 0 Å². The molecule has 4 nitrogen and oxygen atoms in total. The van der Waals surface area contributed by atoms with Crippen molar-refractivity contribution >= 4 is 31.8 Å². The van der Waals surface area contributed by atoms with Crippen molar-refractivity contribution in [2.75, 3.05) is 10.5 Å². The van der Waals surface area contributed by atoms with Gasteiger partial charge in [0, 0.05) is 10.7 Å². The first kappa shape index (κ1) is 11.2. The molecule has 0 radical (unpaired) electrons. The zero-order chi connectivity index (χ0) is 10.6. The predicted molar refractivity (Wildman–Crippen MR) is 59.5 cm³/mol. The van der Waals surface area contributed by atoms with E-state index in [1.165, 1.54) is 12.3 Å². The highest BCUT2D eigenvalue weighted by molar-refractivity contribution is 9.10. The summed E-state index contributed by atoms with van der Waals surface area (Å²) in [5.74, 6) is 0.169. The second-order valence-corrected chi connectivity index (χ2v) is 5.21. The minimum Gasteiger partial charge on any atom is -0.267 e. The number of aromatic nitrogens is 1. The lowest BCUT2D eigenvalue weighted by molar-refractivity contribution is 0.604. The molecule has 0 aliphatic heterocycles. The van der Waals surface area contributed by atoms with Crippen LogP contribution in [-0.4, -0.2) is 19.2 Å². The van der Waals surface area contributed by atoms with Gasteiger partial charge in [0.15, 0.2) is 0 Å². The normalized spacial score (nSPS) is 10.9. The third kappa shape index (κ3) is 3.47. The molecular formula is C8H9BrN2O2S. The lowest BCUT2D eigenvalue weighted by Gasteiger charge is -2.04. The Labute approximate surface area is 91.2 Å². The third-order valence-electron chi connectivity index (χ3n) is 1.32. The number of halogens is 1. The molecular weight excluding hydrogens is 268 g/mol. The Morgan fingerprint density at radius 1 is 1.64 bits per heavy atom. The zero-order valence-corrected chi connectivity index (χ0v) is 9.68. The second kappa shape index (κ2) is 4.56. The number of rotatable bonds is 4. The number of anilines is 1. The Balaban J connectivity index is 2.84. The monoisotopic (exact) mass is 276 g/mol. The van der Waals surface area contributed by atoms with E-state index < -0.39 is 10.0 Å². The van der Waals surface area contributed by atoms with Crippen molar-refractivity contribution in [3.63, 3.8) is 0 Å². The van der Waals surface area contributed by atoms with Gasteiger partial charge in [0.1, 0.15) is 5.82 Å². The lowest BCUT2D eigenvalue weighted by Crippen LogP contribution is -2.15. The van der Waals surface area contributed by atoms with Gasteiger partial charge in [0.25, 0.3) is 0 Å². The van der Waals surface area contributed by atoms with Crippen LogP contribution in [0.4, 0.5) is 5.82 Å². The van der Waals surface area contributed by atoms with Crippen LogP contribution in [-0.2, 0) is 10.0 Å². The molecule has 0 bridgehead atoms. The van der Waals surface area contributed by atoms with Gasteiger partial charge in [-0.3, -0.25) is 4.72 Å². The van der Waals surface area contributed by atoms with Crippen molar-refractivity contribution in [1.82, 2.24) is 4.98 Å². The summed E-state index contributed by atoms with van der Waals surface area (Å²) in [5, 5.41) is 0. The van der Waals surface area contributed by atoms with Crippen molar-refractivity contribution in [2.24, 2.45) is 0 Å². The summed E-state index contributed by atoms with van der Waals surface area (Å²) in [6, 6.07) is 3.30. The summed E-state index contributed by atoms with van der Waals surface area (Å²) < 4.78 is 25.6. The van der Waals surface area contributed by atoms with Gasteiger partial charge in [-0.05, 0) is 12.1 Å². The fraction of sp³-hybridized carbons (Fsp3) is 0.125. The first-order valence-electron chi connectivity index (χ1n) is 3.76. The molecule has 0 aliphatic carbocycles. The summed E-state index contributed by atoms with van der Waals surface area (Å²) in [6.07, 6.45) is 2.83. The maximum Gasteiger partial charge on any atom is 0.237 e. The molecule has 76 valence electrons. The molecule has 1 heterocycles. The van der Waals surface area contributed by atoms with Crippen LogP contribution >= 0.6 is 15.9 Å². The molecule has 1 N–H and O–H groups in total. The first-order chi connectivity index (χ1) is 6.53. The molecule has 0 saturated carbocycles. The van der Waals surface area contributed by atoms with Gasteiger partial charge in [-0.1, -0.05) is 22.0 Å². The van der Waals surface area contributed by atoms with Crippen molar-refractivity contribution in [3.05, 3.63) is 35.5 Å². The molecule has 0 aromatic carbocycles. The zero-order valence-electron chi connectivity index (χ0n) is 7.27. The maximum absolute atomic E-state index is 11.3. The van der Waals surface area contributed by atoms with E-state index >= 15 is 0 Å². The number of nitrogens with one attached hydrogen (secondary N) is 1. The fourth-order valence-electron chi connectivity index (χ4n) is 0.817. The average molecular weight is 277 g/mol. The lowest BCUT2D eigenvalue weighted by atomic mass is 10.5. The molecule has 6 heteroatoms. The van der Waals surface area contributed by atoms with Crippen LogP contribution in [0.2, 0.25) is 0 Å². The molecule has 1 aromatic rings. The topological polar surface area (TPSA) is 59.1 Å².